The van der Waals surface area contributed by atoms with E-state index < -0.39 is 11.8 Å². The third kappa shape index (κ3) is 6.37. The number of carbonyl (C=O) groups excluding carboxylic acids is 3. The molecule has 10 heteroatoms. The zero-order chi connectivity index (χ0) is 27.2. The van der Waals surface area contributed by atoms with Gasteiger partial charge in [-0.2, -0.15) is 0 Å². The molecule has 3 aromatic rings. The second-order valence-electron chi connectivity index (χ2n) is 9.05. The fraction of sp³-hybridized carbons (Fsp3) is 0.214. The molecule has 38 heavy (non-hydrogen) atoms. The molecule has 4 rings (SSSR count). The summed E-state index contributed by atoms with van der Waals surface area (Å²) in [6.45, 7) is 2.11. The molecule has 0 saturated carbocycles. The van der Waals surface area contributed by atoms with E-state index in [9.17, 15) is 19.5 Å². The van der Waals surface area contributed by atoms with Crippen LogP contribution in [0.5, 0.6) is 5.75 Å². The number of para-hydroxylation sites is 1. The number of hydrogen-bond donors (Lipinski definition) is 3. The molecule has 0 fully saturated rings. The van der Waals surface area contributed by atoms with Crippen LogP contribution in [-0.2, 0) is 4.79 Å². The number of halogens is 1. The van der Waals surface area contributed by atoms with Crippen LogP contribution in [0.1, 0.15) is 32.7 Å². The zero-order valence-corrected chi connectivity index (χ0v) is 21.8. The highest BCUT2D eigenvalue weighted by atomic mass is 35.5. The minimum absolute atomic E-state index is 0.0321. The number of likely N-dealkylation sites (N-methyl/N-ethyl adjacent to an activating group) is 1. The lowest BCUT2D eigenvalue weighted by Gasteiger charge is -2.28. The third-order valence-electron chi connectivity index (χ3n) is 6.03. The Morgan fingerprint density at radius 1 is 1.05 bits per heavy atom. The van der Waals surface area contributed by atoms with Crippen LogP contribution in [0.25, 0.3) is 5.57 Å². The minimum Gasteiger partial charge on any atom is -0.506 e. The zero-order valence-electron chi connectivity index (χ0n) is 21.1. The smallest absolute Gasteiger partial charge is 0.259 e. The molecular weight excluding hydrogens is 506 g/mol. The van der Waals surface area contributed by atoms with E-state index in [0.717, 1.165) is 18.5 Å². The van der Waals surface area contributed by atoms with E-state index in [1.54, 1.807) is 30.3 Å². The van der Waals surface area contributed by atoms with E-state index >= 15 is 0 Å². The van der Waals surface area contributed by atoms with Gasteiger partial charge in [-0.3, -0.25) is 14.4 Å². The molecule has 0 spiro atoms. The second kappa shape index (κ2) is 11.9. The maximum Gasteiger partial charge on any atom is 0.259 e. The predicted molar refractivity (Wildman–Crippen MR) is 147 cm³/mol. The molecule has 3 amide bonds. The molecule has 2 heterocycles. The highest BCUT2D eigenvalue weighted by Gasteiger charge is 2.23. The Morgan fingerprint density at radius 2 is 1.82 bits per heavy atom. The first kappa shape index (κ1) is 26.8. The van der Waals surface area contributed by atoms with Gasteiger partial charge in [0.2, 0.25) is 0 Å². The lowest BCUT2D eigenvalue weighted by atomic mass is 9.99. The Labute approximate surface area is 225 Å². The average Bonchev–Trinajstić information content (AvgIpc) is 2.90. The first-order valence-corrected chi connectivity index (χ1v) is 12.4. The molecule has 0 unspecified atom stereocenters. The van der Waals surface area contributed by atoms with Gasteiger partial charge < -0.3 is 25.5 Å². The molecule has 2 aromatic carbocycles. The fourth-order valence-corrected chi connectivity index (χ4v) is 4.09. The lowest BCUT2D eigenvalue weighted by molar-refractivity contribution is -0.125. The molecule has 9 nitrogen and oxygen atoms in total. The molecule has 1 aromatic heterocycles. The monoisotopic (exact) mass is 533 g/mol. The molecule has 0 saturated heterocycles. The van der Waals surface area contributed by atoms with Gasteiger partial charge in [0.15, 0.2) is 0 Å². The fourth-order valence-electron chi connectivity index (χ4n) is 3.98. The summed E-state index contributed by atoms with van der Waals surface area (Å²) in [7, 11) is 3.94. The number of amides is 3. The van der Waals surface area contributed by atoms with Crippen LogP contribution in [0, 0.1) is 0 Å². The molecular formula is C28H28ClN5O4. The third-order valence-corrected chi connectivity index (χ3v) is 6.26. The molecule has 1 aliphatic heterocycles. The van der Waals surface area contributed by atoms with Crippen molar-refractivity contribution in [2.75, 3.05) is 44.4 Å². The molecule has 0 aliphatic carbocycles. The Bertz CT molecular complexity index is 1370. The van der Waals surface area contributed by atoms with Crippen molar-refractivity contribution >= 4 is 46.4 Å². The van der Waals surface area contributed by atoms with Crippen LogP contribution in [0.15, 0.2) is 66.9 Å². The van der Waals surface area contributed by atoms with Gasteiger partial charge in [-0.15, -0.1) is 0 Å². The number of nitrogens with zero attached hydrogens (tertiary/aromatic N) is 3. The minimum atomic E-state index is -0.567. The summed E-state index contributed by atoms with van der Waals surface area (Å²) in [6, 6.07) is 14.1. The highest BCUT2D eigenvalue weighted by Crippen LogP contribution is 2.29. The summed E-state index contributed by atoms with van der Waals surface area (Å²) >= 11 is 5.84. The molecule has 0 bridgehead atoms. The molecule has 3 N–H and O–H groups in total. The summed E-state index contributed by atoms with van der Waals surface area (Å²) < 4.78 is 0. The molecule has 1 aliphatic rings. The van der Waals surface area contributed by atoms with Gasteiger partial charge in [0, 0.05) is 37.0 Å². The van der Waals surface area contributed by atoms with Gasteiger partial charge in [0.25, 0.3) is 17.7 Å². The van der Waals surface area contributed by atoms with Gasteiger partial charge in [-0.05, 0) is 62.5 Å². The van der Waals surface area contributed by atoms with Crippen molar-refractivity contribution in [2.45, 2.75) is 6.42 Å². The van der Waals surface area contributed by atoms with Crippen molar-refractivity contribution in [1.82, 2.24) is 14.8 Å². The Morgan fingerprint density at radius 3 is 2.50 bits per heavy atom. The summed E-state index contributed by atoms with van der Waals surface area (Å²) in [5.74, 6) is -1.11. The number of phenolic OH excluding ortho intramolecular Hbond substituents is 1. The van der Waals surface area contributed by atoms with E-state index in [0.29, 0.717) is 29.2 Å². The predicted octanol–water partition coefficient (Wildman–Crippen LogP) is 4.12. The Kier molecular flexibility index (Phi) is 8.40. The first-order valence-electron chi connectivity index (χ1n) is 12.0. The van der Waals surface area contributed by atoms with Crippen LogP contribution >= 0.6 is 11.6 Å². The largest absolute Gasteiger partial charge is 0.506 e. The SMILES string of the molecule is CN(C)CCN1CCC=C(c2ccc(C(=O)Nc3c(O)cccc3C(=O)Nc3ccc(Cl)cn3)cc2)C1=O. The van der Waals surface area contributed by atoms with Crippen LogP contribution in [0.3, 0.4) is 0 Å². The van der Waals surface area contributed by atoms with Crippen molar-refractivity contribution in [2.24, 2.45) is 0 Å². The van der Waals surface area contributed by atoms with Gasteiger partial charge in [0.05, 0.1) is 16.3 Å². The van der Waals surface area contributed by atoms with E-state index in [1.165, 1.54) is 30.5 Å². The van der Waals surface area contributed by atoms with E-state index in [4.69, 9.17) is 11.6 Å². The summed E-state index contributed by atoms with van der Waals surface area (Å²) in [6.07, 6.45) is 4.08. The quantitative estimate of drug-likeness (QED) is 0.375. The van der Waals surface area contributed by atoms with Gasteiger partial charge in [0.1, 0.15) is 11.6 Å². The number of nitrogens with one attached hydrogen (secondary N) is 2. The maximum absolute atomic E-state index is 13.0. The number of carbonyl (C=O) groups is 3. The number of phenols is 1. The van der Waals surface area contributed by atoms with Gasteiger partial charge >= 0.3 is 0 Å². The van der Waals surface area contributed by atoms with Crippen molar-refractivity contribution in [3.05, 3.63) is 88.6 Å². The number of hydrogen-bond acceptors (Lipinski definition) is 6. The highest BCUT2D eigenvalue weighted by molar-refractivity contribution is 6.30. The maximum atomic E-state index is 13.0. The second-order valence-corrected chi connectivity index (χ2v) is 9.49. The van der Waals surface area contributed by atoms with Crippen LogP contribution < -0.4 is 10.6 Å². The number of aromatic hydroxyl groups is 1. The number of pyridine rings is 1. The van der Waals surface area contributed by atoms with Crippen molar-refractivity contribution in [3.8, 4) is 5.75 Å². The number of aromatic nitrogens is 1. The van der Waals surface area contributed by atoms with Crippen LogP contribution in [0.4, 0.5) is 11.5 Å². The average molecular weight is 534 g/mol. The standard InChI is InChI=1S/C28H28ClN5O4/c1-33(2)15-16-34-14-4-6-21(28(34)38)18-8-10-19(11-9-18)26(36)32-25-22(5-3-7-23(25)35)27(37)31-24-13-12-20(29)17-30-24/h3,5-13,17,35H,4,14-16H2,1-2H3,(H,32,36)(H,30,31,37). The normalized spacial score (nSPS) is 13.3. The van der Waals surface area contributed by atoms with Crippen LogP contribution in [-0.4, -0.2) is 71.3 Å². The van der Waals surface area contributed by atoms with Crippen molar-refractivity contribution in [3.63, 3.8) is 0 Å². The van der Waals surface area contributed by atoms with Gasteiger partial charge in [-0.1, -0.05) is 35.9 Å². The summed E-state index contributed by atoms with van der Waals surface area (Å²) in [5.41, 5.74) is 1.66. The topological polar surface area (TPSA) is 115 Å². The summed E-state index contributed by atoms with van der Waals surface area (Å²) in [4.78, 5) is 46.7. The van der Waals surface area contributed by atoms with Crippen molar-refractivity contribution in [1.29, 1.82) is 0 Å². The van der Waals surface area contributed by atoms with Crippen LogP contribution in [0.2, 0.25) is 5.02 Å². The number of rotatable bonds is 8. The summed E-state index contributed by atoms with van der Waals surface area (Å²) in [5, 5.41) is 16.1. The lowest BCUT2D eigenvalue weighted by Crippen LogP contribution is -2.39. The van der Waals surface area contributed by atoms with E-state index in [2.05, 4.69) is 15.6 Å². The number of anilines is 2. The van der Waals surface area contributed by atoms with Gasteiger partial charge in [-0.25, -0.2) is 4.98 Å². The van der Waals surface area contributed by atoms with Crippen molar-refractivity contribution < 1.29 is 19.5 Å². The molecule has 196 valence electrons. The first-order chi connectivity index (χ1) is 18.2. The molecule has 0 atom stereocenters. The number of benzene rings is 2. The van der Waals surface area contributed by atoms with E-state index in [1.807, 2.05) is 30.0 Å². The Hall–Kier alpha value is -4.21. The Balaban J connectivity index is 1.48. The molecule has 0 radical (unpaired) electrons. The van der Waals surface area contributed by atoms with E-state index in [-0.39, 0.29) is 28.7 Å².